The third kappa shape index (κ3) is 4.96. The van der Waals surface area contributed by atoms with Crippen molar-refractivity contribution in [3.05, 3.63) is 62.8 Å². The van der Waals surface area contributed by atoms with Gasteiger partial charge in [-0.2, -0.15) is 0 Å². The van der Waals surface area contributed by atoms with Gasteiger partial charge >= 0.3 is 0 Å². The Bertz CT molecular complexity index is 1040. The summed E-state index contributed by atoms with van der Waals surface area (Å²) < 4.78 is 23.5. The molecule has 1 aromatic heterocycles. The highest BCUT2D eigenvalue weighted by Crippen LogP contribution is 2.23. The van der Waals surface area contributed by atoms with Crippen LogP contribution in [0, 0.1) is 5.82 Å². The predicted molar refractivity (Wildman–Crippen MR) is 112 cm³/mol. The highest BCUT2D eigenvalue weighted by molar-refractivity contribution is 5.99. The molecule has 0 fully saturated rings. The molecule has 0 spiro atoms. The summed E-state index contributed by atoms with van der Waals surface area (Å²) in [4.78, 5) is 42.9. The number of pyridine rings is 1. The van der Waals surface area contributed by atoms with E-state index >= 15 is 0 Å². The SMILES string of the molecule is COCCN1CNCC(OC)c2[nH]c(c(O)c(=O)c2C(=O)NCc2ccc(F)cc2)C1=O. The molecule has 1 aliphatic rings. The van der Waals surface area contributed by atoms with E-state index in [0.717, 1.165) is 0 Å². The molecule has 0 aliphatic carbocycles. The number of fused-ring (bicyclic) bond motifs is 2. The van der Waals surface area contributed by atoms with E-state index in [1.54, 1.807) is 0 Å². The Labute approximate surface area is 183 Å². The number of carbonyl (C=O) groups is 2. The maximum Gasteiger partial charge on any atom is 0.275 e. The number of hydrogen-bond acceptors (Lipinski definition) is 7. The van der Waals surface area contributed by atoms with Crippen LogP contribution in [0.3, 0.4) is 0 Å². The van der Waals surface area contributed by atoms with Crippen molar-refractivity contribution in [1.82, 2.24) is 20.5 Å². The zero-order valence-corrected chi connectivity index (χ0v) is 17.7. The van der Waals surface area contributed by atoms with E-state index in [9.17, 15) is 23.9 Å². The van der Waals surface area contributed by atoms with Crippen molar-refractivity contribution in [2.75, 3.05) is 40.6 Å². The lowest BCUT2D eigenvalue weighted by Crippen LogP contribution is -2.41. The molecule has 32 heavy (non-hydrogen) atoms. The van der Waals surface area contributed by atoms with Crippen molar-refractivity contribution < 1.29 is 28.6 Å². The molecule has 10 nitrogen and oxygen atoms in total. The molecule has 0 radical (unpaired) electrons. The second-order valence-corrected chi connectivity index (χ2v) is 7.17. The number of aromatic nitrogens is 1. The number of carbonyl (C=O) groups excluding carboxylic acids is 2. The first-order valence-corrected chi connectivity index (χ1v) is 9.90. The van der Waals surface area contributed by atoms with Gasteiger partial charge in [0.25, 0.3) is 11.8 Å². The summed E-state index contributed by atoms with van der Waals surface area (Å²) in [5, 5.41) is 16.1. The zero-order valence-electron chi connectivity index (χ0n) is 17.7. The largest absolute Gasteiger partial charge is 0.503 e. The molecule has 1 unspecified atom stereocenters. The average molecular weight is 448 g/mol. The van der Waals surface area contributed by atoms with Gasteiger partial charge in [0, 0.05) is 33.9 Å². The van der Waals surface area contributed by atoms with Gasteiger partial charge in [-0.15, -0.1) is 0 Å². The third-order valence-electron chi connectivity index (χ3n) is 5.11. The van der Waals surface area contributed by atoms with E-state index in [2.05, 4.69) is 15.6 Å². The predicted octanol–water partition coefficient (Wildman–Crippen LogP) is 0.486. The number of amides is 2. The van der Waals surface area contributed by atoms with Gasteiger partial charge in [0.15, 0.2) is 11.4 Å². The summed E-state index contributed by atoms with van der Waals surface area (Å²) in [6, 6.07) is 5.50. The van der Waals surface area contributed by atoms with Crippen molar-refractivity contribution >= 4 is 11.8 Å². The molecule has 2 heterocycles. The van der Waals surface area contributed by atoms with Crippen LogP contribution in [0.2, 0.25) is 0 Å². The third-order valence-corrected chi connectivity index (χ3v) is 5.11. The Morgan fingerprint density at radius 2 is 2.00 bits per heavy atom. The molecule has 1 aliphatic heterocycles. The molecule has 2 bridgehead atoms. The van der Waals surface area contributed by atoms with Crippen LogP contribution < -0.4 is 16.1 Å². The van der Waals surface area contributed by atoms with Crippen LogP contribution in [0.5, 0.6) is 5.75 Å². The van der Waals surface area contributed by atoms with E-state index in [1.165, 1.54) is 43.4 Å². The smallest absolute Gasteiger partial charge is 0.275 e. The number of benzene rings is 1. The normalized spacial score (nSPS) is 16.3. The van der Waals surface area contributed by atoms with E-state index < -0.39 is 34.9 Å². The van der Waals surface area contributed by atoms with Gasteiger partial charge in [-0.1, -0.05) is 12.1 Å². The second kappa shape index (κ2) is 10.4. The highest BCUT2D eigenvalue weighted by Gasteiger charge is 2.32. The Kier molecular flexibility index (Phi) is 7.57. The summed E-state index contributed by atoms with van der Waals surface area (Å²) >= 11 is 0. The van der Waals surface area contributed by atoms with Gasteiger partial charge in [-0.05, 0) is 17.7 Å². The number of methoxy groups -OCH3 is 2. The zero-order chi connectivity index (χ0) is 23.3. The van der Waals surface area contributed by atoms with Gasteiger partial charge in [-0.3, -0.25) is 19.7 Å². The molecule has 2 amide bonds. The van der Waals surface area contributed by atoms with Crippen molar-refractivity contribution in [1.29, 1.82) is 0 Å². The molecule has 2 aromatic rings. The number of rotatable bonds is 7. The fourth-order valence-corrected chi connectivity index (χ4v) is 3.35. The van der Waals surface area contributed by atoms with Crippen LogP contribution >= 0.6 is 0 Å². The standard InChI is InChI=1S/C21H25FN4O6/c1-31-8-7-26-11-23-10-14(32-2)16-15(18(27)19(28)17(25-16)21(26)30)20(29)24-9-12-3-5-13(22)6-4-12/h3-6,14,23,28H,7-11H2,1-2H3,(H,24,29)(H,25,27). The number of halogens is 1. The lowest BCUT2D eigenvalue weighted by Gasteiger charge is -2.22. The Hall–Kier alpha value is -3.28. The molecular weight excluding hydrogens is 423 g/mol. The lowest BCUT2D eigenvalue weighted by atomic mass is 10.0. The van der Waals surface area contributed by atoms with E-state index in [0.29, 0.717) is 5.56 Å². The highest BCUT2D eigenvalue weighted by atomic mass is 19.1. The fraction of sp³-hybridized carbons (Fsp3) is 0.381. The maximum absolute atomic E-state index is 13.1. The molecule has 4 N–H and O–H groups in total. The molecular formula is C21H25FN4O6. The molecule has 11 heteroatoms. The van der Waals surface area contributed by atoms with E-state index in [1.807, 2.05) is 0 Å². The Morgan fingerprint density at radius 3 is 2.66 bits per heavy atom. The van der Waals surface area contributed by atoms with Crippen LogP contribution in [0.4, 0.5) is 4.39 Å². The summed E-state index contributed by atoms with van der Waals surface area (Å²) in [6.07, 6.45) is -0.774. The topological polar surface area (TPSA) is 133 Å². The Morgan fingerprint density at radius 1 is 1.28 bits per heavy atom. The van der Waals surface area contributed by atoms with Gasteiger partial charge in [0.2, 0.25) is 5.43 Å². The van der Waals surface area contributed by atoms with Crippen LogP contribution in [-0.2, 0) is 16.0 Å². The summed E-state index contributed by atoms with van der Waals surface area (Å²) in [7, 11) is 2.89. The molecule has 172 valence electrons. The molecule has 3 rings (SSSR count). The van der Waals surface area contributed by atoms with Gasteiger partial charge < -0.3 is 29.8 Å². The minimum atomic E-state index is -0.991. The minimum absolute atomic E-state index is 0.0279. The van der Waals surface area contributed by atoms with Crippen molar-refractivity contribution in [2.24, 2.45) is 0 Å². The second-order valence-electron chi connectivity index (χ2n) is 7.17. The van der Waals surface area contributed by atoms with Crippen molar-refractivity contribution in [3.8, 4) is 5.75 Å². The summed E-state index contributed by atoms with van der Waals surface area (Å²) in [6.45, 7) is 0.805. The lowest BCUT2D eigenvalue weighted by molar-refractivity contribution is 0.0650. The van der Waals surface area contributed by atoms with Gasteiger partial charge in [0.1, 0.15) is 17.5 Å². The monoisotopic (exact) mass is 448 g/mol. The quantitative estimate of drug-likeness (QED) is 0.484. The van der Waals surface area contributed by atoms with Crippen LogP contribution in [-0.4, -0.2) is 67.4 Å². The summed E-state index contributed by atoms with van der Waals surface area (Å²) in [5.74, 6) is -2.66. The number of hydrogen-bond donors (Lipinski definition) is 4. The number of ether oxygens (including phenoxy) is 2. The number of nitrogens with one attached hydrogen (secondary N) is 3. The molecule has 0 saturated carbocycles. The molecule has 0 saturated heterocycles. The molecule has 1 aromatic carbocycles. The number of nitrogens with zero attached hydrogens (tertiary/aromatic N) is 1. The number of aromatic hydroxyl groups is 1. The van der Waals surface area contributed by atoms with Crippen LogP contribution in [0.1, 0.15) is 38.2 Å². The Balaban J connectivity index is 1.98. The van der Waals surface area contributed by atoms with Crippen LogP contribution in [0.25, 0.3) is 0 Å². The minimum Gasteiger partial charge on any atom is -0.503 e. The molecule has 1 atom stereocenters. The van der Waals surface area contributed by atoms with Crippen LogP contribution in [0.15, 0.2) is 29.1 Å². The first-order chi connectivity index (χ1) is 15.4. The summed E-state index contributed by atoms with van der Waals surface area (Å²) in [5.41, 5.74) is -1.00. The number of aromatic amines is 1. The number of H-pyrrole nitrogens is 1. The average Bonchev–Trinajstić information content (AvgIpc) is 2.84. The van der Waals surface area contributed by atoms with Gasteiger partial charge in [0.05, 0.1) is 19.0 Å². The van der Waals surface area contributed by atoms with Gasteiger partial charge in [-0.25, -0.2) is 4.39 Å². The first-order valence-electron chi connectivity index (χ1n) is 9.90. The van der Waals surface area contributed by atoms with Crippen molar-refractivity contribution in [2.45, 2.75) is 12.6 Å². The van der Waals surface area contributed by atoms with E-state index in [4.69, 9.17) is 9.47 Å². The first kappa shape index (κ1) is 23.4. The fourth-order valence-electron chi connectivity index (χ4n) is 3.35. The van der Waals surface area contributed by atoms with E-state index in [-0.39, 0.29) is 49.9 Å². The maximum atomic E-state index is 13.1. The van der Waals surface area contributed by atoms with Crippen molar-refractivity contribution in [3.63, 3.8) is 0 Å².